The number of hydrogen-bond donors (Lipinski definition) is 2. The van der Waals surface area contributed by atoms with Crippen LogP contribution in [0.15, 0.2) is 29.1 Å². The molecule has 0 saturated heterocycles. The highest BCUT2D eigenvalue weighted by atomic mass is 16.2. The molecule has 1 amide bonds. The fraction of sp³-hybridized carbons (Fsp3) is 0.474. The van der Waals surface area contributed by atoms with E-state index < -0.39 is 0 Å². The van der Waals surface area contributed by atoms with E-state index in [1.807, 2.05) is 18.2 Å². The molecular formula is C19H24N2O2. The Hall–Kier alpha value is -2.10. The average Bonchev–Trinajstić information content (AvgIpc) is 2.54. The zero-order valence-electron chi connectivity index (χ0n) is 13.8. The minimum atomic E-state index is -0.100. The van der Waals surface area contributed by atoms with E-state index in [0.717, 1.165) is 47.8 Å². The summed E-state index contributed by atoms with van der Waals surface area (Å²) in [5.74, 6) is 0.509. The van der Waals surface area contributed by atoms with E-state index in [1.165, 1.54) is 6.42 Å². The number of rotatable bonds is 3. The third-order valence-corrected chi connectivity index (χ3v) is 4.74. The van der Waals surface area contributed by atoms with Crippen LogP contribution in [0.2, 0.25) is 0 Å². The molecule has 2 N–H and O–H groups in total. The van der Waals surface area contributed by atoms with Gasteiger partial charge in [-0.15, -0.1) is 0 Å². The van der Waals surface area contributed by atoms with Crippen LogP contribution in [-0.4, -0.2) is 10.9 Å². The first-order chi connectivity index (χ1) is 11.0. The number of carbonyl (C=O) groups is 1. The van der Waals surface area contributed by atoms with Gasteiger partial charge in [0.15, 0.2) is 0 Å². The summed E-state index contributed by atoms with van der Waals surface area (Å²) in [6.45, 7) is 4.15. The second kappa shape index (κ2) is 6.57. The van der Waals surface area contributed by atoms with Gasteiger partial charge in [-0.1, -0.05) is 39.2 Å². The predicted octanol–water partition coefficient (Wildman–Crippen LogP) is 4.17. The van der Waals surface area contributed by atoms with Gasteiger partial charge in [0.2, 0.25) is 11.5 Å². The second-order valence-corrected chi connectivity index (χ2v) is 6.83. The van der Waals surface area contributed by atoms with Gasteiger partial charge in [-0.05, 0) is 36.5 Å². The molecule has 1 aliphatic carbocycles. The zero-order chi connectivity index (χ0) is 16.4. The number of fused-ring (bicyclic) bond motifs is 1. The number of aromatic nitrogens is 1. The SMILES string of the molecule is CC(C)c1cc(=O)[nH]c2cc(NC(=O)C3CCCCC3)ccc12. The van der Waals surface area contributed by atoms with E-state index in [0.29, 0.717) is 0 Å². The van der Waals surface area contributed by atoms with Gasteiger partial charge in [0.1, 0.15) is 0 Å². The normalized spacial score (nSPS) is 16.0. The zero-order valence-corrected chi connectivity index (χ0v) is 13.8. The summed E-state index contributed by atoms with van der Waals surface area (Å²) in [7, 11) is 0. The van der Waals surface area contributed by atoms with Crippen LogP contribution in [-0.2, 0) is 4.79 Å². The number of aromatic amines is 1. The van der Waals surface area contributed by atoms with Crippen molar-refractivity contribution in [2.75, 3.05) is 5.32 Å². The first kappa shape index (κ1) is 15.8. The maximum absolute atomic E-state index is 12.4. The molecule has 0 bridgehead atoms. The fourth-order valence-corrected chi connectivity index (χ4v) is 3.45. The van der Waals surface area contributed by atoms with Gasteiger partial charge in [-0.3, -0.25) is 9.59 Å². The molecule has 1 aromatic heterocycles. The Morgan fingerprint density at radius 3 is 2.61 bits per heavy atom. The van der Waals surface area contributed by atoms with E-state index in [1.54, 1.807) is 6.07 Å². The maximum atomic E-state index is 12.4. The van der Waals surface area contributed by atoms with Crippen molar-refractivity contribution in [1.29, 1.82) is 0 Å². The Labute approximate surface area is 136 Å². The van der Waals surface area contributed by atoms with Crippen LogP contribution in [0.4, 0.5) is 5.69 Å². The van der Waals surface area contributed by atoms with Gasteiger partial charge in [-0.2, -0.15) is 0 Å². The molecule has 1 fully saturated rings. The van der Waals surface area contributed by atoms with Crippen LogP contribution in [0, 0.1) is 5.92 Å². The van der Waals surface area contributed by atoms with Crippen molar-refractivity contribution in [3.8, 4) is 0 Å². The van der Waals surface area contributed by atoms with Crippen LogP contribution in [0.3, 0.4) is 0 Å². The molecule has 1 saturated carbocycles. The lowest BCUT2D eigenvalue weighted by Crippen LogP contribution is -2.24. The number of benzene rings is 1. The molecule has 0 unspecified atom stereocenters. The topological polar surface area (TPSA) is 62.0 Å². The highest BCUT2D eigenvalue weighted by Gasteiger charge is 2.21. The van der Waals surface area contributed by atoms with Crippen LogP contribution >= 0.6 is 0 Å². The highest BCUT2D eigenvalue weighted by Crippen LogP contribution is 2.27. The number of carbonyl (C=O) groups excluding carboxylic acids is 1. The lowest BCUT2D eigenvalue weighted by Gasteiger charge is -2.21. The van der Waals surface area contributed by atoms with E-state index in [-0.39, 0.29) is 23.3 Å². The number of hydrogen-bond acceptors (Lipinski definition) is 2. The van der Waals surface area contributed by atoms with Gasteiger partial charge in [0, 0.05) is 23.1 Å². The highest BCUT2D eigenvalue weighted by molar-refractivity contribution is 5.95. The second-order valence-electron chi connectivity index (χ2n) is 6.83. The summed E-state index contributed by atoms with van der Waals surface area (Å²) in [6, 6.07) is 7.43. The Morgan fingerprint density at radius 1 is 1.17 bits per heavy atom. The standard InChI is InChI=1S/C19H24N2O2/c1-12(2)16-11-18(22)21-17-10-14(8-9-15(16)17)20-19(23)13-6-4-3-5-7-13/h8-13H,3-7H2,1-2H3,(H,20,23)(H,21,22). The molecule has 3 rings (SSSR count). The van der Waals surface area contributed by atoms with E-state index in [4.69, 9.17) is 0 Å². The maximum Gasteiger partial charge on any atom is 0.248 e. The molecule has 2 aromatic rings. The molecule has 0 spiro atoms. The molecule has 0 atom stereocenters. The van der Waals surface area contributed by atoms with Crippen molar-refractivity contribution >= 4 is 22.5 Å². The summed E-state index contributed by atoms with van der Waals surface area (Å²) < 4.78 is 0. The van der Waals surface area contributed by atoms with Crippen LogP contribution < -0.4 is 10.9 Å². The number of nitrogens with one attached hydrogen (secondary N) is 2. The van der Waals surface area contributed by atoms with E-state index in [2.05, 4.69) is 24.1 Å². The molecular weight excluding hydrogens is 288 g/mol. The van der Waals surface area contributed by atoms with Crippen molar-refractivity contribution in [1.82, 2.24) is 4.98 Å². The van der Waals surface area contributed by atoms with E-state index in [9.17, 15) is 9.59 Å². The fourth-order valence-electron chi connectivity index (χ4n) is 3.45. The average molecular weight is 312 g/mol. The molecule has 23 heavy (non-hydrogen) atoms. The quantitative estimate of drug-likeness (QED) is 0.893. The molecule has 1 aromatic carbocycles. The minimum absolute atomic E-state index is 0.100. The summed E-state index contributed by atoms with van der Waals surface area (Å²) in [4.78, 5) is 27.1. The lowest BCUT2D eigenvalue weighted by atomic mass is 9.88. The number of pyridine rings is 1. The first-order valence-corrected chi connectivity index (χ1v) is 8.52. The van der Waals surface area contributed by atoms with Crippen LogP contribution in [0.1, 0.15) is 57.4 Å². The molecule has 1 heterocycles. The number of H-pyrrole nitrogens is 1. The third kappa shape index (κ3) is 3.46. The van der Waals surface area contributed by atoms with Gasteiger partial charge >= 0.3 is 0 Å². The minimum Gasteiger partial charge on any atom is -0.326 e. The first-order valence-electron chi connectivity index (χ1n) is 8.52. The van der Waals surface area contributed by atoms with Crippen molar-refractivity contribution in [2.45, 2.75) is 51.9 Å². The Kier molecular flexibility index (Phi) is 4.51. The predicted molar refractivity (Wildman–Crippen MR) is 93.9 cm³/mol. The summed E-state index contributed by atoms with van der Waals surface area (Å²) in [5.41, 5.74) is 2.47. The smallest absolute Gasteiger partial charge is 0.248 e. The van der Waals surface area contributed by atoms with Gasteiger partial charge in [0.05, 0.1) is 5.52 Å². The molecule has 4 nitrogen and oxygen atoms in total. The van der Waals surface area contributed by atoms with Crippen molar-refractivity contribution in [3.63, 3.8) is 0 Å². The summed E-state index contributed by atoms with van der Waals surface area (Å²) >= 11 is 0. The monoisotopic (exact) mass is 312 g/mol. The van der Waals surface area contributed by atoms with Crippen molar-refractivity contribution < 1.29 is 4.79 Å². The summed E-state index contributed by atoms with van der Waals surface area (Å²) in [6.07, 6.45) is 5.47. The number of anilines is 1. The molecule has 0 radical (unpaired) electrons. The molecule has 4 heteroatoms. The van der Waals surface area contributed by atoms with Crippen LogP contribution in [0.25, 0.3) is 10.9 Å². The Balaban J connectivity index is 1.88. The molecule has 122 valence electrons. The Bertz CT molecular complexity index is 771. The van der Waals surface area contributed by atoms with E-state index >= 15 is 0 Å². The Morgan fingerprint density at radius 2 is 1.91 bits per heavy atom. The van der Waals surface area contributed by atoms with Crippen molar-refractivity contribution in [2.24, 2.45) is 5.92 Å². The summed E-state index contributed by atoms with van der Waals surface area (Å²) in [5, 5.41) is 4.05. The molecule has 1 aliphatic rings. The van der Waals surface area contributed by atoms with Gasteiger partial charge < -0.3 is 10.3 Å². The number of amides is 1. The third-order valence-electron chi connectivity index (χ3n) is 4.74. The largest absolute Gasteiger partial charge is 0.326 e. The van der Waals surface area contributed by atoms with Gasteiger partial charge in [-0.25, -0.2) is 0 Å². The lowest BCUT2D eigenvalue weighted by molar-refractivity contribution is -0.120. The molecule has 0 aliphatic heterocycles. The van der Waals surface area contributed by atoms with Crippen molar-refractivity contribution in [3.05, 3.63) is 40.2 Å². The van der Waals surface area contributed by atoms with Crippen LogP contribution in [0.5, 0.6) is 0 Å². The van der Waals surface area contributed by atoms with Gasteiger partial charge in [0.25, 0.3) is 0 Å².